The van der Waals surface area contributed by atoms with Crippen LogP contribution in [0.1, 0.15) is 23.7 Å². The summed E-state index contributed by atoms with van der Waals surface area (Å²) in [5, 5.41) is 1.24. The van der Waals surface area contributed by atoms with Crippen molar-refractivity contribution in [1.82, 2.24) is 0 Å². The van der Waals surface area contributed by atoms with Crippen LogP contribution < -0.4 is 10.6 Å². The Morgan fingerprint density at radius 1 is 0.821 bits per heavy atom. The Bertz CT molecular complexity index is 883. The summed E-state index contributed by atoms with van der Waals surface area (Å²) in [6, 6.07) is 27.1. The minimum absolute atomic E-state index is 0.0356. The van der Waals surface area contributed by atoms with Gasteiger partial charge < -0.3 is 9.26 Å². The van der Waals surface area contributed by atoms with Crippen molar-refractivity contribution >= 4 is 23.9 Å². The van der Waals surface area contributed by atoms with Gasteiger partial charge in [-0.25, -0.2) is 4.79 Å². The summed E-state index contributed by atoms with van der Waals surface area (Å²) in [6.45, 7) is 1.95. The Morgan fingerprint density at radius 3 is 1.75 bits per heavy atom. The third-order valence-corrected chi connectivity index (χ3v) is 6.91. The first kappa shape index (κ1) is 20.1. The van der Waals surface area contributed by atoms with Crippen LogP contribution in [0.3, 0.4) is 0 Å². The highest BCUT2D eigenvalue weighted by atomic mass is 31.2. The first-order valence-electron chi connectivity index (χ1n) is 9.25. The van der Waals surface area contributed by atoms with E-state index < -0.39 is 19.4 Å². The molecule has 0 aliphatic carbocycles. The van der Waals surface area contributed by atoms with Crippen LogP contribution in [0.5, 0.6) is 0 Å². The van der Waals surface area contributed by atoms with E-state index >= 15 is 0 Å². The fourth-order valence-electron chi connectivity index (χ4n) is 2.78. The first-order valence-corrected chi connectivity index (χ1v) is 10.9. The van der Waals surface area contributed by atoms with Gasteiger partial charge in [0.15, 0.2) is 0 Å². The number of hydrogen-bond acceptors (Lipinski definition) is 4. The van der Waals surface area contributed by atoms with E-state index in [1.807, 2.05) is 49.4 Å². The molecule has 1 unspecified atom stereocenters. The van der Waals surface area contributed by atoms with Crippen LogP contribution in [0.4, 0.5) is 0 Å². The number of benzene rings is 3. The highest BCUT2D eigenvalue weighted by Gasteiger charge is 2.32. The second-order valence-electron chi connectivity index (χ2n) is 6.32. The van der Waals surface area contributed by atoms with E-state index in [-0.39, 0.29) is 6.61 Å². The monoisotopic (exact) mass is 394 g/mol. The van der Waals surface area contributed by atoms with E-state index in [0.717, 1.165) is 0 Å². The van der Waals surface area contributed by atoms with Gasteiger partial charge in [0, 0.05) is 10.6 Å². The Kier molecular flexibility index (Phi) is 6.80. The van der Waals surface area contributed by atoms with Crippen molar-refractivity contribution < 1.29 is 18.6 Å². The van der Waals surface area contributed by atoms with E-state index in [9.17, 15) is 9.36 Å². The van der Waals surface area contributed by atoms with Gasteiger partial charge >= 0.3 is 5.97 Å². The maximum absolute atomic E-state index is 13.9. The summed E-state index contributed by atoms with van der Waals surface area (Å²) < 4.78 is 25.5. The second kappa shape index (κ2) is 9.50. The molecule has 28 heavy (non-hydrogen) atoms. The Balaban J connectivity index is 1.79. The molecule has 0 heterocycles. The van der Waals surface area contributed by atoms with Crippen LogP contribution in [-0.2, 0) is 13.8 Å². The molecule has 0 aromatic heterocycles. The highest BCUT2D eigenvalue weighted by Crippen LogP contribution is 2.46. The van der Waals surface area contributed by atoms with Crippen LogP contribution >= 0.6 is 7.37 Å². The van der Waals surface area contributed by atoms with Gasteiger partial charge in [-0.05, 0) is 42.8 Å². The van der Waals surface area contributed by atoms with Gasteiger partial charge in [-0.2, -0.15) is 0 Å². The molecular weight excluding hydrogens is 371 g/mol. The maximum atomic E-state index is 13.9. The molecule has 0 aliphatic heterocycles. The lowest BCUT2D eigenvalue weighted by molar-refractivity contribution is 0.0316. The van der Waals surface area contributed by atoms with Gasteiger partial charge in [-0.3, -0.25) is 4.57 Å². The molecule has 0 N–H and O–H groups in total. The number of esters is 1. The minimum atomic E-state index is -3.32. The summed E-state index contributed by atoms with van der Waals surface area (Å²) >= 11 is 0. The maximum Gasteiger partial charge on any atom is 0.338 e. The normalized spacial score (nSPS) is 12.3. The van der Waals surface area contributed by atoms with Crippen LogP contribution in [0.15, 0.2) is 91.0 Å². The lowest BCUT2D eigenvalue weighted by Crippen LogP contribution is -2.26. The molecule has 1 atom stereocenters. The summed E-state index contributed by atoms with van der Waals surface area (Å²) in [7, 11) is -3.32. The van der Waals surface area contributed by atoms with E-state index in [1.54, 1.807) is 48.5 Å². The number of hydrogen-bond donors (Lipinski definition) is 0. The lowest BCUT2D eigenvalue weighted by atomic mass is 10.2. The zero-order valence-electron chi connectivity index (χ0n) is 15.7. The van der Waals surface area contributed by atoms with Crippen LogP contribution in [0.25, 0.3) is 0 Å². The van der Waals surface area contributed by atoms with Crippen molar-refractivity contribution in [1.29, 1.82) is 0 Å². The van der Waals surface area contributed by atoms with Gasteiger partial charge in [0.1, 0.15) is 6.61 Å². The average molecular weight is 394 g/mol. The first-order chi connectivity index (χ1) is 13.6. The third kappa shape index (κ3) is 4.78. The number of carbonyl (C=O) groups excluding carboxylic acids is 1. The predicted octanol–water partition coefficient (Wildman–Crippen LogP) is 4.57. The fourth-order valence-corrected chi connectivity index (χ4v) is 5.08. The van der Waals surface area contributed by atoms with Crippen molar-refractivity contribution in [2.24, 2.45) is 0 Å². The summed E-state index contributed by atoms with van der Waals surface area (Å²) in [5.74, 6) is -0.420. The third-order valence-electron chi connectivity index (χ3n) is 4.35. The molecule has 4 nitrogen and oxygen atoms in total. The standard InChI is InChI=1S/C23H23O4P/c1-2-20(18-26-23(24)19-12-6-3-7-13-19)27-28(25,21-14-8-4-9-15-21)22-16-10-5-11-17-22/h3-17,20H,2,18H2,1H3. The van der Waals surface area contributed by atoms with Gasteiger partial charge in [0.25, 0.3) is 7.37 Å². The van der Waals surface area contributed by atoms with E-state index in [1.165, 1.54) is 0 Å². The van der Waals surface area contributed by atoms with E-state index in [2.05, 4.69) is 0 Å². The summed E-state index contributed by atoms with van der Waals surface area (Å²) in [5.41, 5.74) is 0.478. The van der Waals surface area contributed by atoms with Gasteiger partial charge in [-0.15, -0.1) is 0 Å². The zero-order valence-corrected chi connectivity index (χ0v) is 16.6. The van der Waals surface area contributed by atoms with E-state index in [4.69, 9.17) is 9.26 Å². The van der Waals surface area contributed by atoms with Gasteiger partial charge in [0.05, 0.1) is 11.7 Å². The SMILES string of the molecule is CCC(COC(=O)c1ccccc1)OP(=O)(c1ccccc1)c1ccccc1. The Hall–Kier alpha value is -2.68. The van der Waals surface area contributed by atoms with Crippen LogP contribution in [0.2, 0.25) is 0 Å². The summed E-state index contributed by atoms with van der Waals surface area (Å²) in [6.07, 6.45) is 0.0741. The van der Waals surface area contributed by atoms with Gasteiger partial charge in [0.2, 0.25) is 0 Å². The topological polar surface area (TPSA) is 52.6 Å². The largest absolute Gasteiger partial charge is 0.459 e. The molecule has 0 fully saturated rings. The second-order valence-corrected chi connectivity index (χ2v) is 8.67. The van der Waals surface area contributed by atoms with Crippen molar-refractivity contribution in [3.63, 3.8) is 0 Å². The molecule has 0 radical (unpaired) electrons. The minimum Gasteiger partial charge on any atom is -0.459 e. The highest BCUT2D eigenvalue weighted by molar-refractivity contribution is 7.74. The number of carbonyl (C=O) groups is 1. The zero-order chi connectivity index (χ0) is 19.8. The molecule has 0 saturated heterocycles. The molecule has 5 heteroatoms. The molecule has 0 saturated carbocycles. The lowest BCUT2D eigenvalue weighted by Gasteiger charge is -2.25. The van der Waals surface area contributed by atoms with Crippen LogP contribution in [0, 0.1) is 0 Å². The number of ether oxygens (including phenoxy) is 1. The smallest absolute Gasteiger partial charge is 0.338 e. The Morgan fingerprint density at radius 2 is 1.29 bits per heavy atom. The number of rotatable bonds is 8. The van der Waals surface area contributed by atoms with Gasteiger partial charge in [-0.1, -0.05) is 61.5 Å². The molecule has 0 aliphatic rings. The van der Waals surface area contributed by atoms with Crippen molar-refractivity contribution in [2.45, 2.75) is 19.4 Å². The molecule has 0 amide bonds. The van der Waals surface area contributed by atoms with E-state index in [0.29, 0.717) is 22.6 Å². The molecule has 3 aromatic rings. The quantitative estimate of drug-likeness (QED) is 0.415. The fraction of sp³-hybridized carbons (Fsp3) is 0.174. The van der Waals surface area contributed by atoms with Crippen molar-refractivity contribution in [3.8, 4) is 0 Å². The average Bonchev–Trinajstić information content (AvgIpc) is 2.78. The summed E-state index contributed by atoms with van der Waals surface area (Å²) in [4.78, 5) is 12.2. The molecule has 144 valence electrons. The van der Waals surface area contributed by atoms with Crippen molar-refractivity contribution in [2.75, 3.05) is 6.61 Å². The van der Waals surface area contributed by atoms with Crippen LogP contribution in [-0.4, -0.2) is 18.7 Å². The van der Waals surface area contributed by atoms with Crippen molar-refractivity contribution in [3.05, 3.63) is 96.6 Å². The molecule has 0 bridgehead atoms. The molecule has 0 spiro atoms. The predicted molar refractivity (Wildman–Crippen MR) is 112 cm³/mol. The Labute approximate surface area is 165 Å². The molecule has 3 rings (SSSR count). The molecule has 3 aromatic carbocycles. The molecular formula is C23H23O4P.